The van der Waals surface area contributed by atoms with Gasteiger partial charge in [0.25, 0.3) is 5.91 Å². The number of likely N-dealkylation sites (tertiary alicyclic amines) is 1. The van der Waals surface area contributed by atoms with E-state index in [9.17, 15) is 19.1 Å². The number of alkyl halides is 1. The molecule has 0 spiro atoms. The molecule has 2 saturated carbocycles. The molecule has 11 heteroatoms. The molecule has 10 nitrogen and oxygen atoms in total. The molecule has 5 heterocycles. The van der Waals surface area contributed by atoms with Crippen molar-refractivity contribution in [1.29, 1.82) is 0 Å². The highest BCUT2D eigenvalue weighted by molar-refractivity contribution is 5.96. The summed E-state index contributed by atoms with van der Waals surface area (Å²) < 4.78 is 24.4. The number of halogens is 1. The zero-order valence-electron chi connectivity index (χ0n) is 27.5. The van der Waals surface area contributed by atoms with Crippen molar-refractivity contribution in [3.05, 3.63) is 53.7 Å². The Hall–Kier alpha value is -4.12. The smallest absolute Gasteiger partial charge is 0.404 e. The first-order chi connectivity index (χ1) is 22.3. The van der Waals surface area contributed by atoms with Crippen LogP contribution in [0.5, 0.6) is 0 Å². The maximum absolute atomic E-state index is 14.5. The van der Waals surface area contributed by atoms with Crippen LogP contribution in [0.2, 0.25) is 0 Å². The minimum Gasteiger partial charge on any atom is -0.443 e. The third-order valence-electron chi connectivity index (χ3n) is 11.5. The van der Waals surface area contributed by atoms with E-state index in [1.54, 1.807) is 0 Å². The number of carbonyl (C=O) groups excluding carboxylic acids is 2. The second-order valence-corrected chi connectivity index (χ2v) is 15.5. The quantitative estimate of drug-likeness (QED) is 0.282. The number of nitrogens with zero attached hydrogens (tertiary/aromatic N) is 5. The van der Waals surface area contributed by atoms with Crippen LogP contribution in [0.25, 0.3) is 27.8 Å². The maximum atomic E-state index is 14.5. The van der Waals surface area contributed by atoms with Crippen LogP contribution in [-0.2, 0) is 11.3 Å². The Morgan fingerprint density at radius 2 is 1.87 bits per heavy atom. The van der Waals surface area contributed by atoms with Crippen molar-refractivity contribution < 1.29 is 23.8 Å². The van der Waals surface area contributed by atoms with E-state index in [4.69, 9.17) is 15.6 Å². The Morgan fingerprint density at radius 1 is 1.11 bits per heavy atom. The average Bonchev–Trinajstić information content (AvgIpc) is 3.42. The molecule has 1 aromatic carbocycles. The molecular formula is C36H43FN6O4. The number of aliphatic hydroxyl groups excluding tert-OH is 1. The number of nitrogens with two attached hydrogens (primary N) is 1. The lowest BCUT2D eigenvalue weighted by molar-refractivity contribution is -0.0359. The monoisotopic (exact) mass is 642 g/mol. The molecule has 3 N–H and O–H groups in total. The van der Waals surface area contributed by atoms with Gasteiger partial charge in [-0.05, 0) is 74.3 Å². The third kappa shape index (κ3) is 4.56. The van der Waals surface area contributed by atoms with Crippen LogP contribution in [0.4, 0.5) is 14.9 Å². The first kappa shape index (κ1) is 30.2. The molecule has 2 aliphatic heterocycles. The van der Waals surface area contributed by atoms with Gasteiger partial charge in [0.15, 0.2) is 5.67 Å². The van der Waals surface area contributed by atoms with Gasteiger partial charge in [-0.2, -0.15) is 5.10 Å². The lowest BCUT2D eigenvalue weighted by Gasteiger charge is -2.49. The summed E-state index contributed by atoms with van der Waals surface area (Å²) in [7, 11) is 0. The van der Waals surface area contributed by atoms with Crippen molar-refractivity contribution in [2.75, 3.05) is 31.1 Å². The average molecular weight is 643 g/mol. The zero-order valence-corrected chi connectivity index (χ0v) is 27.5. The number of fused-ring (bicyclic) bond motifs is 4. The van der Waals surface area contributed by atoms with Crippen molar-refractivity contribution in [1.82, 2.24) is 19.1 Å². The van der Waals surface area contributed by atoms with Gasteiger partial charge in [0.1, 0.15) is 11.8 Å². The van der Waals surface area contributed by atoms with Crippen molar-refractivity contribution in [3.8, 4) is 11.4 Å². The van der Waals surface area contributed by atoms with Gasteiger partial charge < -0.3 is 29.9 Å². The summed E-state index contributed by atoms with van der Waals surface area (Å²) in [4.78, 5) is 30.0. The van der Waals surface area contributed by atoms with Crippen LogP contribution in [0, 0.1) is 24.2 Å². The third-order valence-corrected chi connectivity index (χ3v) is 11.5. The summed E-state index contributed by atoms with van der Waals surface area (Å²) in [6.07, 6.45) is 4.61. The fourth-order valence-electron chi connectivity index (χ4n) is 8.76. The van der Waals surface area contributed by atoms with Crippen molar-refractivity contribution >= 4 is 34.1 Å². The van der Waals surface area contributed by atoms with Crippen LogP contribution < -0.4 is 10.6 Å². The minimum atomic E-state index is -1.54. The molecule has 2 amide bonds. The topological polar surface area (TPSA) is 118 Å². The van der Waals surface area contributed by atoms with E-state index in [2.05, 4.69) is 50.5 Å². The van der Waals surface area contributed by atoms with Gasteiger partial charge in [-0.3, -0.25) is 4.79 Å². The molecule has 8 rings (SSSR count). The van der Waals surface area contributed by atoms with Gasteiger partial charge in [0.2, 0.25) is 0 Å². The first-order valence-corrected chi connectivity index (χ1v) is 16.8. The first-order valence-electron chi connectivity index (χ1n) is 16.8. The molecule has 4 aromatic rings. The number of aliphatic hydroxyl groups is 1. The van der Waals surface area contributed by atoms with Crippen LogP contribution >= 0.6 is 0 Å². The molecule has 4 aliphatic rings. The van der Waals surface area contributed by atoms with Crippen LogP contribution in [0.1, 0.15) is 62.4 Å². The number of rotatable bonds is 7. The van der Waals surface area contributed by atoms with E-state index in [0.29, 0.717) is 18.0 Å². The number of carbonyl (C=O) groups is 2. The fourth-order valence-corrected chi connectivity index (χ4v) is 8.76. The summed E-state index contributed by atoms with van der Waals surface area (Å²) in [5.41, 5.74) is 9.37. The number of hydrogen-bond donors (Lipinski definition) is 2. The Labute approximate surface area is 273 Å². The molecule has 248 valence electrons. The van der Waals surface area contributed by atoms with Crippen molar-refractivity contribution in [3.63, 3.8) is 0 Å². The lowest BCUT2D eigenvalue weighted by atomic mass is 9.70. The van der Waals surface area contributed by atoms with Gasteiger partial charge in [-0.1, -0.05) is 26.8 Å². The second kappa shape index (κ2) is 10.2. The van der Waals surface area contributed by atoms with Crippen LogP contribution in [0.15, 0.2) is 42.6 Å². The maximum Gasteiger partial charge on any atom is 0.404 e. The van der Waals surface area contributed by atoms with Gasteiger partial charge in [-0.15, -0.1) is 0 Å². The normalized spacial score (nSPS) is 25.1. The summed E-state index contributed by atoms with van der Waals surface area (Å²) in [6, 6.07) is 12.3. The molecule has 47 heavy (non-hydrogen) atoms. The highest BCUT2D eigenvalue weighted by Crippen LogP contribution is 2.57. The van der Waals surface area contributed by atoms with Crippen LogP contribution in [0.3, 0.4) is 0 Å². The summed E-state index contributed by atoms with van der Waals surface area (Å²) >= 11 is 0. The van der Waals surface area contributed by atoms with E-state index in [1.807, 2.05) is 38.7 Å². The summed E-state index contributed by atoms with van der Waals surface area (Å²) in [6.45, 7) is 9.67. The molecule has 2 aliphatic carbocycles. The van der Waals surface area contributed by atoms with Gasteiger partial charge in [0, 0.05) is 41.8 Å². The number of piperidine rings is 1. The highest BCUT2D eigenvalue weighted by Gasteiger charge is 2.66. The predicted octanol–water partition coefficient (Wildman–Crippen LogP) is 5.31. The Balaban J connectivity index is 1.15. The minimum absolute atomic E-state index is 0.0529. The standard InChI is InChI=1S/C36H43FN6O4/c1-21-27-10-8-25(32(45)42-16-24-11-12-36(42,34(2,3)4)31(24)47-33(38)46)17-43(27)39-30(21)29-13-23-7-9-26(40-18-35(37,19-40)20-44)14-28(23)41(29)15-22-5-6-22/h7-10,13-14,17,22,24,31,44H,5-6,11-12,15-16,18-20H2,1-4H3,(H2,38,46)/t24?,31-,36?/m1/s1. The Bertz CT molecular complexity index is 1930. The van der Waals surface area contributed by atoms with E-state index in [0.717, 1.165) is 58.4 Å². The number of amides is 2. The summed E-state index contributed by atoms with van der Waals surface area (Å²) in [5, 5.41) is 15.6. The molecule has 2 bridgehead atoms. The van der Waals surface area contributed by atoms with E-state index in [-0.39, 0.29) is 30.3 Å². The number of ether oxygens (including phenoxy) is 1. The molecule has 3 atom stereocenters. The number of aryl methyl sites for hydroxylation is 1. The number of primary amides is 1. The fraction of sp³-hybridized carbons (Fsp3) is 0.528. The highest BCUT2D eigenvalue weighted by atomic mass is 19.1. The van der Waals surface area contributed by atoms with Crippen molar-refractivity contribution in [2.45, 2.75) is 77.2 Å². The van der Waals surface area contributed by atoms with Gasteiger partial charge in [-0.25, -0.2) is 13.7 Å². The second-order valence-electron chi connectivity index (χ2n) is 15.5. The van der Waals surface area contributed by atoms with E-state index >= 15 is 0 Å². The van der Waals surface area contributed by atoms with Crippen molar-refractivity contribution in [2.24, 2.45) is 23.0 Å². The SMILES string of the molecule is Cc1c(-c2cc3ccc(N4CC(F)(CO)C4)cc3n2CC2CC2)nn2cc(C(=O)N3CC4CCC3(C(C)(C)C)[C@@H]4OC(N)=O)ccc12. The molecule has 2 saturated heterocycles. The van der Waals surface area contributed by atoms with E-state index in [1.165, 1.54) is 12.8 Å². The summed E-state index contributed by atoms with van der Waals surface area (Å²) in [5.74, 6) is 0.563. The largest absolute Gasteiger partial charge is 0.443 e. The number of hydrogen-bond acceptors (Lipinski definition) is 6. The number of benzene rings is 1. The molecule has 0 radical (unpaired) electrons. The van der Waals surface area contributed by atoms with Crippen LogP contribution in [-0.4, -0.2) is 79.7 Å². The number of anilines is 1. The van der Waals surface area contributed by atoms with Gasteiger partial charge >= 0.3 is 6.09 Å². The number of pyridine rings is 1. The van der Waals surface area contributed by atoms with Gasteiger partial charge in [0.05, 0.1) is 47.5 Å². The molecule has 3 aromatic heterocycles. The molecule has 2 unspecified atom stereocenters. The van der Waals surface area contributed by atoms with E-state index < -0.39 is 30.0 Å². The predicted molar refractivity (Wildman–Crippen MR) is 177 cm³/mol. The molecular weight excluding hydrogens is 599 g/mol. The molecule has 4 fully saturated rings. The lowest BCUT2D eigenvalue weighted by Crippen LogP contribution is -2.61. The Kier molecular flexibility index (Phi) is 6.55. The number of aromatic nitrogens is 3. The zero-order chi connectivity index (χ0) is 33.0. The Morgan fingerprint density at radius 3 is 2.55 bits per heavy atom.